The van der Waals surface area contributed by atoms with Gasteiger partial charge in [0, 0.05) is 17.1 Å². The van der Waals surface area contributed by atoms with Gasteiger partial charge in [0.05, 0.1) is 25.0 Å². The SMILES string of the molecule is COC(=O)C1=CCC23CCC(C(C)(C=CC=C(C)C(=O)O)OC2=O)C3(C(=O)OC)CC1. The number of hydrogen-bond acceptors (Lipinski definition) is 7. The summed E-state index contributed by atoms with van der Waals surface area (Å²) in [5.74, 6) is -2.89. The number of carboxylic acid groups (broad SMARTS) is 1. The van der Waals surface area contributed by atoms with E-state index in [4.69, 9.17) is 19.3 Å². The van der Waals surface area contributed by atoms with Crippen molar-refractivity contribution in [3.8, 4) is 0 Å². The van der Waals surface area contributed by atoms with Crippen LogP contribution in [-0.2, 0) is 33.4 Å². The molecule has 8 heteroatoms. The summed E-state index contributed by atoms with van der Waals surface area (Å²) in [6.45, 7) is 3.19. The Morgan fingerprint density at radius 2 is 1.94 bits per heavy atom. The minimum Gasteiger partial charge on any atom is -0.478 e. The van der Waals surface area contributed by atoms with E-state index in [2.05, 4.69) is 0 Å². The summed E-state index contributed by atoms with van der Waals surface area (Å²) < 4.78 is 16.0. The van der Waals surface area contributed by atoms with Crippen LogP contribution < -0.4 is 0 Å². The van der Waals surface area contributed by atoms with Gasteiger partial charge in [0.15, 0.2) is 0 Å². The number of carbonyl (C=O) groups excluding carboxylic acids is 3. The number of aliphatic carboxylic acids is 1. The fraction of sp³-hybridized carbons (Fsp3) is 0.565. The summed E-state index contributed by atoms with van der Waals surface area (Å²) in [6.07, 6.45) is 8.03. The van der Waals surface area contributed by atoms with Crippen molar-refractivity contribution in [2.24, 2.45) is 16.7 Å². The lowest BCUT2D eigenvalue weighted by Gasteiger charge is -2.53. The smallest absolute Gasteiger partial charge is 0.333 e. The minimum atomic E-state index is -1.16. The number of methoxy groups -OCH3 is 2. The highest BCUT2D eigenvalue weighted by molar-refractivity contribution is 5.94. The van der Waals surface area contributed by atoms with Gasteiger partial charge in [-0.05, 0) is 52.0 Å². The zero-order valence-corrected chi connectivity index (χ0v) is 18.2. The standard InChI is InChI=1S/C23H28O8/c1-14(17(24)25)6-5-10-21(2)16-9-12-22(19(27)31-21)11-7-15(18(26)29-3)8-13-23(16,22)20(28)30-4/h5-7,10,16H,8-9,11-13H2,1-4H3,(H,24,25). The fourth-order valence-corrected chi connectivity index (χ4v) is 5.68. The second kappa shape index (κ2) is 7.98. The Balaban J connectivity index is 2.10. The molecule has 1 saturated heterocycles. The lowest BCUT2D eigenvalue weighted by Crippen LogP contribution is -2.63. The summed E-state index contributed by atoms with van der Waals surface area (Å²) in [4.78, 5) is 50.0. The molecule has 0 aromatic rings. The van der Waals surface area contributed by atoms with E-state index in [9.17, 15) is 19.2 Å². The Labute approximate surface area is 180 Å². The lowest BCUT2D eigenvalue weighted by molar-refractivity contribution is -0.214. The zero-order valence-electron chi connectivity index (χ0n) is 18.2. The van der Waals surface area contributed by atoms with E-state index in [-0.39, 0.29) is 30.8 Å². The van der Waals surface area contributed by atoms with Gasteiger partial charge < -0.3 is 19.3 Å². The van der Waals surface area contributed by atoms with Gasteiger partial charge in [-0.1, -0.05) is 18.2 Å². The highest BCUT2D eigenvalue weighted by atomic mass is 16.6. The number of esters is 3. The summed E-state index contributed by atoms with van der Waals surface area (Å²) in [5.41, 5.74) is -2.83. The normalized spacial score (nSPS) is 35.0. The van der Waals surface area contributed by atoms with Crippen molar-refractivity contribution < 1.29 is 38.5 Å². The van der Waals surface area contributed by atoms with Gasteiger partial charge in [0.1, 0.15) is 5.60 Å². The van der Waals surface area contributed by atoms with Gasteiger partial charge in [-0.3, -0.25) is 9.59 Å². The number of carboxylic acids is 1. The van der Waals surface area contributed by atoms with Crippen LogP contribution in [-0.4, -0.2) is 48.8 Å². The number of rotatable bonds is 5. The first-order chi connectivity index (χ1) is 14.6. The lowest BCUT2D eigenvalue weighted by atomic mass is 9.54. The van der Waals surface area contributed by atoms with Crippen molar-refractivity contribution >= 4 is 23.9 Å². The summed E-state index contributed by atoms with van der Waals surface area (Å²) >= 11 is 0. The Kier molecular flexibility index (Phi) is 5.86. The Bertz CT molecular complexity index is 913. The molecule has 4 atom stereocenters. The predicted octanol–water partition coefficient (Wildman–Crippen LogP) is 2.73. The second-order valence-corrected chi connectivity index (χ2v) is 8.65. The fourth-order valence-electron chi connectivity index (χ4n) is 5.68. The first kappa shape index (κ1) is 22.8. The zero-order chi connectivity index (χ0) is 23.0. The molecule has 2 aliphatic carbocycles. The third kappa shape index (κ3) is 3.28. The number of cyclic esters (lactones) is 1. The van der Waals surface area contributed by atoms with Gasteiger partial charge in [0.2, 0.25) is 0 Å². The molecule has 1 aliphatic heterocycles. The maximum atomic E-state index is 13.4. The van der Waals surface area contributed by atoms with E-state index in [0.29, 0.717) is 18.4 Å². The van der Waals surface area contributed by atoms with Crippen LogP contribution in [0.25, 0.3) is 0 Å². The van der Waals surface area contributed by atoms with Crippen LogP contribution in [0.1, 0.15) is 46.0 Å². The van der Waals surface area contributed by atoms with Crippen molar-refractivity contribution in [3.05, 3.63) is 35.5 Å². The topological polar surface area (TPSA) is 116 Å². The van der Waals surface area contributed by atoms with Crippen molar-refractivity contribution in [1.29, 1.82) is 0 Å². The highest BCUT2D eigenvalue weighted by Crippen LogP contribution is 2.69. The van der Waals surface area contributed by atoms with Crippen molar-refractivity contribution in [1.82, 2.24) is 0 Å². The molecule has 0 aromatic heterocycles. The second-order valence-electron chi connectivity index (χ2n) is 8.65. The van der Waals surface area contributed by atoms with Gasteiger partial charge in [0.25, 0.3) is 0 Å². The van der Waals surface area contributed by atoms with Gasteiger partial charge >= 0.3 is 23.9 Å². The van der Waals surface area contributed by atoms with Crippen LogP contribution in [0.15, 0.2) is 35.5 Å². The van der Waals surface area contributed by atoms with Crippen molar-refractivity contribution in [2.45, 2.75) is 51.6 Å². The molecule has 0 spiro atoms. The van der Waals surface area contributed by atoms with Crippen LogP contribution >= 0.6 is 0 Å². The Morgan fingerprint density at radius 3 is 2.55 bits per heavy atom. The molecule has 1 heterocycles. The largest absolute Gasteiger partial charge is 0.478 e. The average molecular weight is 432 g/mol. The average Bonchev–Trinajstić information content (AvgIpc) is 2.91. The van der Waals surface area contributed by atoms with Crippen LogP contribution in [0.3, 0.4) is 0 Å². The Hall–Kier alpha value is -2.90. The van der Waals surface area contributed by atoms with Crippen LogP contribution in [0.5, 0.6) is 0 Å². The van der Waals surface area contributed by atoms with Crippen molar-refractivity contribution in [2.75, 3.05) is 14.2 Å². The van der Waals surface area contributed by atoms with E-state index >= 15 is 0 Å². The third-order valence-corrected chi connectivity index (χ3v) is 7.30. The Morgan fingerprint density at radius 1 is 1.23 bits per heavy atom. The summed E-state index contributed by atoms with van der Waals surface area (Å²) in [6, 6.07) is 0. The highest BCUT2D eigenvalue weighted by Gasteiger charge is 2.75. The first-order valence-corrected chi connectivity index (χ1v) is 10.3. The monoisotopic (exact) mass is 432 g/mol. The van der Waals surface area contributed by atoms with E-state index in [0.717, 1.165) is 0 Å². The molecule has 4 unspecified atom stereocenters. The van der Waals surface area contributed by atoms with E-state index < -0.39 is 40.3 Å². The minimum absolute atomic E-state index is 0.131. The quantitative estimate of drug-likeness (QED) is 0.305. The molecule has 168 valence electrons. The molecule has 3 aliphatic rings. The van der Waals surface area contributed by atoms with Crippen molar-refractivity contribution in [3.63, 3.8) is 0 Å². The number of hydrogen-bond donors (Lipinski definition) is 1. The molecule has 3 rings (SSSR count). The third-order valence-electron chi connectivity index (χ3n) is 7.30. The molecule has 31 heavy (non-hydrogen) atoms. The van der Waals surface area contributed by atoms with E-state index in [1.54, 1.807) is 25.2 Å². The van der Waals surface area contributed by atoms with Gasteiger partial charge in [-0.15, -0.1) is 0 Å². The number of carbonyl (C=O) groups is 4. The molecule has 1 saturated carbocycles. The molecular formula is C23H28O8. The first-order valence-electron chi connectivity index (χ1n) is 10.3. The molecular weight excluding hydrogens is 404 g/mol. The summed E-state index contributed by atoms with van der Waals surface area (Å²) in [7, 11) is 2.60. The molecule has 2 bridgehead atoms. The molecule has 8 nitrogen and oxygen atoms in total. The molecule has 0 aromatic carbocycles. The number of allylic oxidation sites excluding steroid dienone is 3. The number of ether oxygens (including phenoxy) is 3. The summed E-state index contributed by atoms with van der Waals surface area (Å²) in [5, 5.41) is 9.06. The maximum absolute atomic E-state index is 13.4. The van der Waals surface area contributed by atoms with Gasteiger partial charge in [-0.25, -0.2) is 9.59 Å². The van der Waals surface area contributed by atoms with Crippen LogP contribution in [0, 0.1) is 16.7 Å². The van der Waals surface area contributed by atoms with Crippen LogP contribution in [0.4, 0.5) is 0 Å². The van der Waals surface area contributed by atoms with Crippen LogP contribution in [0.2, 0.25) is 0 Å². The molecule has 2 fully saturated rings. The molecule has 1 N–H and O–H groups in total. The maximum Gasteiger partial charge on any atom is 0.333 e. The van der Waals surface area contributed by atoms with Gasteiger partial charge in [-0.2, -0.15) is 0 Å². The predicted molar refractivity (Wildman–Crippen MR) is 109 cm³/mol. The van der Waals surface area contributed by atoms with E-state index in [1.807, 2.05) is 0 Å². The molecule has 0 radical (unpaired) electrons. The van der Waals surface area contributed by atoms with E-state index in [1.165, 1.54) is 27.2 Å². The molecule has 0 amide bonds.